The van der Waals surface area contributed by atoms with Crippen LogP contribution in [-0.4, -0.2) is 30.4 Å². The molecule has 0 fully saturated rings. The molecule has 2 heterocycles. The highest BCUT2D eigenvalue weighted by Crippen LogP contribution is 2.06. The van der Waals surface area contributed by atoms with Crippen molar-refractivity contribution in [3.05, 3.63) is 23.0 Å². The van der Waals surface area contributed by atoms with Crippen LogP contribution in [0.5, 0.6) is 0 Å². The third kappa shape index (κ3) is 1.67. The van der Waals surface area contributed by atoms with Gasteiger partial charge in [-0.3, -0.25) is 4.79 Å². The van der Waals surface area contributed by atoms with Gasteiger partial charge in [0, 0.05) is 6.92 Å². The van der Waals surface area contributed by atoms with Crippen LogP contribution in [0.4, 0.5) is 0 Å². The Morgan fingerprint density at radius 1 is 1.50 bits per heavy atom. The van der Waals surface area contributed by atoms with Crippen LogP contribution in [0, 0.1) is 0 Å². The monoisotopic (exact) mass is 209 g/mol. The van der Waals surface area contributed by atoms with Crippen molar-refractivity contribution in [2.45, 2.75) is 13.5 Å². The molecule has 2 aromatic rings. The second-order valence-electron chi connectivity index (χ2n) is 2.72. The molecule has 0 aliphatic carbocycles. The number of hydrogen-bond donors (Lipinski definition) is 0. The first-order valence-corrected chi connectivity index (χ1v) is 4.70. The fourth-order valence-corrected chi connectivity index (χ4v) is 1.53. The van der Waals surface area contributed by atoms with Gasteiger partial charge in [0.1, 0.15) is 5.69 Å². The molecule has 0 bridgehead atoms. The van der Waals surface area contributed by atoms with Crippen molar-refractivity contribution in [2.75, 3.05) is 0 Å². The van der Waals surface area contributed by atoms with Crippen LogP contribution >= 0.6 is 11.5 Å². The van der Waals surface area contributed by atoms with Gasteiger partial charge >= 0.3 is 0 Å². The molecule has 0 saturated heterocycles. The molecule has 0 unspecified atom stereocenters. The summed E-state index contributed by atoms with van der Waals surface area (Å²) in [5, 5.41) is 11.2. The van der Waals surface area contributed by atoms with Gasteiger partial charge in [0.15, 0.2) is 5.78 Å². The lowest BCUT2D eigenvalue weighted by molar-refractivity contribution is 0.100. The van der Waals surface area contributed by atoms with Gasteiger partial charge in [-0.05, 0) is 11.5 Å². The van der Waals surface area contributed by atoms with Crippen LogP contribution in [0.25, 0.3) is 0 Å². The molecule has 7 heteroatoms. The van der Waals surface area contributed by atoms with E-state index in [-0.39, 0.29) is 5.78 Å². The molecular formula is C7H7N5OS. The van der Waals surface area contributed by atoms with E-state index in [9.17, 15) is 4.79 Å². The number of rotatable bonds is 3. The molecule has 2 aromatic heterocycles. The largest absolute Gasteiger partial charge is 0.293 e. The van der Waals surface area contributed by atoms with E-state index in [0.717, 1.165) is 4.88 Å². The Kier molecular flexibility index (Phi) is 2.32. The van der Waals surface area contributed by atoms with Crippen molar-refractivity contribution < 1.29 is 4.79 Å². The maximum atomic E-state index is 11.1. The number of nitrogens with zero attached hydrogens (tertiary/aromatic N) is 5. The Labute approximate surface area is 83.7 Å². The van der Waals surface area contributed by atoms with Crippen LogP contribution in [0.3, 0.4) is 0 Å². The molecule has 0 aromatic carbocycles. The highest BCUT2D eigenvalue weighted by molar-refractivity contribution is 7.05. The van der Waals surface area contributed by atoms with Gasteiger partial charge in [-0.15, -0.1) is 10.2 Å². The maximum absolute atomic E-state index is 11.1. The summed E-state index contributed by atoms with van der Waals surface area (Å²) in [5.41, 5.74) is 0.499. The molecule has 0 N–H and O–H groups in total. The highest BCUT2D eigenvalue weighted by atomic mass is 32.1. The zero-order valence-electron chi connectivity index (χ0n) is 7.41. The number of ketones is 1. The third-order valence-corrected chi connectivity index (χ3v) is 2.34. The first-order valence-electron chi connectivity index (χ1n) is 3.93. The molecule has 0 saturated carbocycles. The van der Waals surface area contributed by atoms with Gasteiger partial charge in [-0.1, -0.05) is 9.70 Å². The Morgan fingerprint density at radius 2 is 2.36 bits per heavy atom. The topological polar surface area (TPSA) is 73.6 Å². The average Bonchev–Trinajstić information content (AvgIpc) is 2.75. The summed E-state index contributed by atoms with van der Waals surface area (Å²) in [7, 11) is 0. The van der Waals surface area contributed by atoms with E-state index < -0.39 is 0 Å². The van der Waals surface area contributed by atoms with Gasteiger partial charge in [0.05, 0.1) is 23.8 Å². The van der Waals surface area contributed by atoms with Crippen molar-refractivity contribution in [2.24, 2.45) is 0 Å². The van der Waals surface area contributed by atoms with E-state index in [1.807, 2.05) is 0 Å². The fraction of sp³-hybridized carbons (Fsp3) is 0.286. The molecular weight excluding hydrogens is 202 g/mol. The minimum Gasteiger partial charge on any atom is -0.293 e. The maximum Gasteiger partial charge on any atom is 0.179 e. The van der Waals surface area contributed by atoms with Crippen LogP contribution in [0.2, 0.25) is 0 Å². The van der Waals surface area contributed by atoms with E-state index in [0.29, 0.717) is 12.2 Å². The van der Waals surface area contributed by atoms with E-state index >= 15 is 0 Å². The average molecular weight is 209 g/mol. The first-order chi connectivity index (χ1) is 6.77. The van der Waals surface area contributed by atoms with Crippen molar-refractivity contribution in [3.63, 3.8) is 0 Å². The van der Waals surface area contributed by atoms with E-state index in [1.165, 1.54) is 29.3 Å². The summed E-state index contributed by atoms with van der Waals surface area (Å²) in [5.74, 6) is -0.0486. The minimum absolute atomic E-state index is 0.0486. The number of carbonyl (C=O) groups is 1. The van der Waals surface area contributed by atoms with E-state index in [2.05, 4.69) is 19.9 Å². The molecule has 2 rings (SSSR count). The Hall–Kier alpha value is -1.63. The van der Waals surface area contributed by atoms with Crippen molar-refractivity contribution >= 4 is 17.3 Å². The summed E-state index contributed by atoms with van der Waals surface area (Å²) in [6.45, 7) is 1.98. The highest BCUT2D eigenvalue weighted by Gasteiger charge is 2.09. The quantitative estimate of drug-likeness (QED) is 0.683. The van der Waals surface area contributed by atoms with Gasteiger partial charge < -0.3 is 0 Å². The predicted octanol–water partition coefficient (Wildman–Crippen LogP) is 0.380. The Balaban J connectivity index is 2.25. The fourth-order valence-electron chi connectivity index (χ4n) is 1.05. The molecule has 14 heavy (non-hydrogen) atoms. The normalized spacial score (nSPS) is 10.4. The molecule has 6 nitrogen and oxygen atoms in total. The van der Waals surface area contributed by atoms with Crippen LogP contribution in [0.1, 0.15) is 22.3 Å². The van der Waals surface area contributed by atoms with Crippen molar-refractivity contribution in [1.29, 1.82) is 0 Å². The second kappa shape index (κ2) is 3.62. The Morgan fingerprint density at radius 3 is 3.00 bits per heavy atom. The molecule has 0 aliphatic heterocycles. The van der Waals surface area contributed by atoms with Gasteiger partial charge in [-0.2, -0.15) is 0 Å². The third-order valence-electron chi connectivity index (χ3n) is 1.69. The summed E-state index contributed by atoms with van der Waals surface area (Å²) < 4.78 is 5.26. The summed E-state index contributed by atoms with van der Waals surface area (Å²) in [4.78, 5) is 12.1. The first kappa shape index (κ1) is 8.95. The summed E-state index contributed by atoms with van der Waals surface area (Å²) in [6.07, 6.45) is 3.10. The van der Waals surface area contributed by atoms with Crippen LogP contribution in [0.15, 0.2) is 12.4 Å². The number of Topliss-reactive ketones (excluding diaryl/α,β-unsaturated/α-hetero) is 1. The lowest BCUT2D eigenvalue weighted by Crippen LogP contribution is -2.08. The van der Waals surface area contributed by atoms with Gasteiger partial charge in [-0.25, -0.2) is 4.68 Å². The molecule has 0 aliphatic rings. The summed E-state index contributed by atoms with van der Waals surface area (Å²) >= 11 is 1.28. The standard InChI is InChI=1S/C7H7N5OS/c1-5(13)7-3-8-10-12(7)4-6-2-9-11-14-6/h2-3H,4H2,1H3. The van der Waals surface area contributed by atoms with Crippen molar-refractivity contribution in [1.82, 2.24) is 24.6 Å². The summed E-state index contributed by atoms with van der Waals surface area (Å²) in [6, 6.07) is 0. The van der Waals surface area contributed by atoms with Gasteiger partial charge in [0.25, 0.3) is 0 Å². The van der Waals surface area contributed by atoms with Gasteiger partial charge in [0.2, 0.25) is 0 Å². The number of hydrogen-bond acceptors (Lipinski definition) is 6. The van der Waals surface area contributed by atoms with Crippen LogP contribution in [-0.2, 0) is 6.54 Å². The lowest BCUT2D eigenvalue weighted by atomic mass is 10.3. The molecule has 72 valence electrons. The number of aromatic nitrogens is 5. The smallest absolute Gasteiger partial charge is 0.179 e. The molecule has 0 amide bonds. The minimum atomic E-state index is -0.0486. The lowest BCUT2D eigenvalue weighted by Gasteiger charge is -1.99. The second-order valence-corrected chi connectivity index (χ2v) is 3.59. The van der Waals surface area contributed by atoms with E-state index in [4.69, 9.17) is 0 Å². The molecule has 0 atom stereocenters. The Bertz CT molecular complexity index is 435. The SMILES string of the molecule is CC(=O)c1cnnn1Cc1cnns1. The zero-order chi connectivity index (χ0) is 9.97. The van der Waals surface area contributed by atoms with E-state index in [1.54, 1.807) is 6.20 Å². The van der Waals surface area contributed by atoms with Crippen molar-refractivity contribution in [3.8, 4) is 0 Å². The zero-order valence-corrected chi connectivity index (χ0v) is 8.23. The molecule has 0 spiro atoms. The predicted molar refractivity (Wildman–Crippen MR) is 49.0 cm³/mol. The van der Waals surface area contributed by atoms with Crippen LogP contribution < -0.4 is 0 Å². The number of carbonyl (C=O) groups excluding carboxylic acids is 1. The molecule has 0 radical (unpaired) electrons.